The van der Waals surface area contributed by atoms with Crippen LogP contribution in [0.5, 0.6) is 0 Å². The topological polar surface area (TPSA) is 113 Å². The second-order valence-electron chi connectivity index (χ2n) is 8.13. The third kappa shape index (κ3) is 5.85. The molecule has 0 aliphatic rings. The van der Waals surface area contributed by atoms with Gasteiger partial charge in [-0.05, 0) is 49.2 Å². The zero-order valence-corrected chi connectivity index (χ0v) is 19.6. The number of aryl methyl sites for hydroxylation is 1. The Kier molecular flexibility index (Phi) is 7.74. The van der Waals surface area contributed by atoms with Gasteiger partial charge < -0.3 is 16.4 Å². The SMILES string of the molecule is NCCC(C(=O)Nc1ccc2[nH]nc(NC(=O)CCc3ccccc3)c2c1)c1cccc(Cl)c1F. The molecule has 0 saturated carbocycles. The number of anilines is 2. The first kappa shape index (κ1) is 24.4. The Hall–Kier alpha value is -3.75. The molecule has 1 atom stereocenters. The van der Waals surface area contributed by atoms with Crippen LogP contribution < -0.4 is 16.4 Å². The Morgan fingerprint density at radius 2 is 1.86 bits per heavy atom. The number of nitrogens with zero attached hydrogens (tertiary/aromatic N) is 1. The van der Waals surface area contributed by atoms with Gasteiger partial charge in [-0.2, -0.15) is 5.10 Å². The van der Waals surface area contributed by atoms with Crippen LogP contribution in [0.25, 0.3) is 10.9 Å². The largest absolute Gasteiger partial charge is 0.330 e. The van der Waals surface area contributed by atoms with Crippen LogP contribution in [0.1, 0.15) is 29.9 Å². The minimum Gasteiger partial charge on any atom is -0.330 e. The van der Waals surface area contributed by atoms with Gasteiger partial charge in [0.25, 0.3) is 0 Å². The number of fused-ring (bicyclic) bond motifs is 1. The molecular formula is C26H25ClFN5O2. The Bertz CT molecular complexity index is 1340. The van der Waals surface area contributed by atoms with E-state index in [9.17, 15) is 14.0 Å². The van der Waals surface area contributed by atoms with Crippen LogP contribution in [-0.4, -0.2) is 28.6 Å². The minimum absolute atomic E-state index is 0.0511. The van der Waals surface area contributed by atoms with E-state index in [0.29, 0.717) is 35.2 Å². The Labute approximate surface area is 206 Å². The average Bonchev–Trinajstić information content (AvgIpc) is 3.25. The monoisotopic (exact) mass is 493 g/mol. The molecule has 0 aliphatic heterocycles. The number of nitrogens with two attached hydrogens (primary N) is 1. The molecule has 0 bridgehead atoms. The second-order valence-corrected chi connectivity index (χ2v) is 8.54. The summed E-state index contributed by atoms with van der Waals surface area (Å²) in [5.74, 6) is -1.65. The lowest BCUT2D eigenvalue weighted by Gasteiger charge is -2.18. The summed E-state index contributed by atoms with van der Waals surface area (Å²) in [4.78, 5) is 25.5. The average molecular weight is 494 g/mol. The molecule has 4 aromatic rings. The molecule has 7 nitrogen and oxygen atoms in total. The summed E-state index contributed by atoms with van der Waals surface area (Å²) in [6.07, 6.45) is 1.17. The van der Waals surface area contributed by atoms with Gasteiger partial charge in [-0.25, -0.2) is 4.39 Å². The molecule has 0 aliphatic carbocycles. The van der Waals surface area contributed by atoms with Crippen molar-refractivity contribution in [1.82, 2.24) is 10.2 Å². The van der Waals surface area contributed by atoms with Gasteiger partial charge in [0.1, 0.15) is 5.82 Å². The smallest absolute Gasteiger partial charge is 0.232 e. The maximum atomic E-state index is 14.6. The normalized spacial score (nSPS) is 11.9. The van der Waals surface area contributed by atoms with Crippen molar-refractivity contribution in [3.05, 3.63) is 88.7 Å². The first-order chi connectivity index (χ1) is 17.0. The molecule has 0 saturated heterocycles. The van der Waals surface area contributed by atoms with Gasteiger partial charge in [0.15, 0.2) is 5.82 Å². The van der Waals surface area contributed by atoms with Gasteiger partial charge in [-0.15, -0.1) is 0 Å². The van der Waals surface area contributed by atoms with Gasteiger partial charge in [0.05, 0.1) is 16.5 Å². The molecule has 180 valence electrons. The van der Waals surface area contributed by atoms with E-state index < -0.39 is 17.6 Å². The quantitative estimate of drug-likeness (QED) is 0.263. The highest BCUT2D eigenvalue weighted by Crippen LogP contribution is 2.29. The number of hydrogen-bond acceptors (Lipinski definition) is 4. The maximum absolute atomic E-state index is 14.6. The number of carbonyl (C=O) groups excluding carboxylic acids is 2. The van der Waals surface area contributed by atoms with E-state index in [0.717, 1.165) is 5.56 Å². The number of aromatic amines is 1. The highest BCUT2D eigenvalue weighted by Gasteiger charge is 2.24. The summed E-state index contributed by atoms with van der Waals surface area (Å²) in [6, 6.07) is 19.5. The number of halogens is 2. The maximum Gasteiger partial charge on any atom is 0.232 e. The third-order valence-electron chi connectivity index (χ3n) is 5.70. The number of aromatic nitrogens is 2. The van der Waals surface area contributed by atoms with Gasteiger partial charge in [-0.3, -0.25) is 14.7 Å². The lowest BCUT2D eigenvalue weighted by Crippen LogP contribution is -2.24. The molecule has 3 aromatic carbocycles. The van der Waals surface area contributed by atoms with Crippen LogP contribution in [0, 0.1) is 5.82 Å². The number of rotatable bonds is 9. The number of benzene rings is 3. The Morgan fingerprint density at radius 1 is 1.06 bits per heavy atom. The van der Waals surface area contributed by atoms with Crippen LogP contribution >= 0.6 is 11.6 Å². The van der Waals surface area contributed by atoms with Crippen LogP contribution in [-0.2, 0) is 16.0 Å². The van der Waals surface area contributed by atoms with Gasteiger partial charge in [0, 0.05) is 23.1 Å². The number of amides is 2. The lowest BCUT2D eigenvalue weighted by molar-refractivity contribution is -0.118. The molecule has 0 spiro atoms. The van der Waals surface area contributed by atoms with Crippen molar-refractivity contribution < 1.29 is 14.0 Å². The zero-order valence-electron chi connectivity index (χ0n) is 18.9. The molecule has 1 heterocycles. The molecule has 0 radical (unpaired) electrons. The molecular weight excluding hydrogens is 469 g/mol. The molecule has 4 rings (SSSR count). The summed E-state index contributed by atoms with van der Waals surface area (Å²) in [5, 5.41) is 13.3. The van der Waals surface area contributed by atoms with E-state index in [1.807, 2.05) is 30.3 Å². The number of hydrogen-bond donors (Lipinski definition) is 4. The fourth-order valence-corrected chi connectivity index (χ4v) is 4.08. The molecule has 9 heteroatoms. The van der Waals surface area contributed by atoms with E-state index in [1.165, 1.54) is 12.1 Å². The summed E-state index contributed by atoms with van der Waals surface area (Å²) >= 11 is 5.91. The molecule has 1 unspecified atom stereocenters. The lowest BCUT2D eigenvalue weighted by atomic mass is 9.94. The molecule has 35 heavy (non-hydrogen) atoms. The number of H-pyrrole nitrogens is 1. The summed E-state index contributed by atoms with van der Waals surface area (Å²) in [7, 11) is 0. The van der Waals surface area contributed by atoms with E-state index in [-0.39, 0.29) is 29.5 Å². The van der Waals surface area contributed by atoms with Crippen LogP contribution in [0.4, 0.5) is 15.9 Å². The predicted octanol–water partition coefficient (Wildman–Crippen LogP) is 5.00. The number of nitrogens with one attached hydrogen (secondary N) is 3. The minimum atomic E-state index is -0.809. The van der Waals surface area contributed by atoms with Crippen molar-refractivity contribution in [3.63, 3.8) is 0 Å². The highest BCUT2D eigenvalue weighted by molar-refractivity contribution is 6.30. The van der Waals surface area contributed by atoms with Crippen molar-refractivity contribution in [2.45, 2.75) is 25.2 Å². The molecule has 5 N–H and O–H groups in total. The van der Waals surface area contributed by atoms with Crippen LogP contribution in [0.15, 0.2) is 66.7 Å². The fourth-order valence-electron chi connectivity index (χ4n) is 3.90. The first-order valence-electron chi connectivity index (χ1n) is 11.2. The van der Waals surface area contributed by atoms with Crippen LogP contribution in [0.2, 0.25) is 5.02 Å². The van der Waals surface area contributed by atoms with Gasteiger partial charge >= 0.3 is 0 Å². The summed E-state index contributed by atoms with van der Waals surface area (Å²) in [5.41, 5.74) is 8.12. The van der Waals surface area contributed by atoms with Crippen LogP contribution in [0.3, 0.4) is 0 Å². The highest BCUT2D eigenvalue weighted by atomic mass is 35.5. The van der Waals surface area contributed by atoms with Crippen molar-refractivity contribution in [2.24, 2.45) is 5.73 Å². The van der Waals surface area contributed by atoms with Crippen molar-refractivity contribution in [2.75, 3.05) is 17.2 Å². The van der Waals surface area contributed by atoms with Gasteiger partial charge in [-0.1, -0.05) is 54.1 Å². The molecule has 1 aromatic heterocycles. The standard InChI is InChI=1S/C26H25ClFN5O2/c27-21-8-4-7-18(24(21)28)19(13-14-29)26(35)30-17-10-11-22-20(15-17)25(33-32-22)31-23(34)12-9-16-5-2-1-3-6-16/h1-8,10-11,15,19H,9,12-14,29H2,(H,30,35)(H2,31,32,33,34). The van der Waals surface area contributed by atoms with E-state index in [4.69, 9.17) is 17.3 Å². The number of carbonyl (C=O) groups is 2. The van der Waals surface area contributed by atoms with E-state index >= 15 is 0 Å². The zero-order chi connectivity index (χ0) is 24.8. The van der Waals surface area contributed by atoms with Crippen molar-refractivity contribution in [1.29, 1.82) is 0 Å². The van der Waals surface area contributed by atoms with E-state index in [1.54, 1.807) is 24.3 Å². The molecule has 0 fully saturated rings. The van der Waals surface area contributed by atoms with Crippen molar-refractivity contribution >= 4 is 45.8 Å². The van der Waals surface area contributed by atoms with E-state index in [2.05, 4.69) is 20.8 Å². The molecule has 2 amide bonds. The summed E-state index contributed by atoms with van der Waals surface area (Å²) < 4.78 is 14.6. The Morgan fingerprint density at radius 3 is 2.63 bits per heavy atom. The predicted molar refractivity (Wildman–Crippen MR) is 136 cm³/mol. The fraction of sp³-hybridized carbons (Fsp3) is 0.192. The third-order valence-corrected chi connectivity index (χ3v) is 5.99. The van der Waals surface area contributed by atoms with Gasteiger partial charge in [0.2, 0.25) is 11.8 Å². The second kappa shape index (κ2) is 11.1. The first-order valence-corrected chi connectivity index (χ1v) is 11.6. The van der Waals surface area contributed by atoms with Crippen molar-refractivity contribution in [3.8, 4) is 0 Å². The Balaban J connectivity index is 1.49. The summed E-state index contributed by atoms with van der Waals surface area (Å²) in [6.45, 7) is 0.198.